The normalized spacial score (nSPS) is 16.7. The molecular formula is C12H17N3O4S. The van der Waals surface area contributed by atoms with Crippen molar-refractivity contribution in [2.24, 2.45) is 0 Å². The topological polar surface area (TPSA) is 101 Å². The smallest absolute Gasteiger partial charge is 0.293 e. The van der Waals surface area contributed by atoms with Gasteiger partial charge in [-0.1, -0.05) is 0 Å². The molecule has 0 amide bonds. The Balaban J connectivity index is 2.37. The maximum absolute atomic E-state index is 12.2. The largest absolute Gasteiger partial charge is 0.380 e. The van der Waals surface area contributed by atoms with Crippen molar-refractivity contribution in [1.29, 1.82) is 0 Å². The fourth-order valence-electron chi connectivity index (χ4n) is 1.84. The first-order valence-corrected chi connectivity index (χ1v) is 7.82. The Hall–Kier alpha value is -1.67. The van der Waals surface area contributed by atoms with Gasteiger partial charge in [0.15, 0.2) is 0 Å². The molecule has 7 nitrogen and oxygen atoms in total. The molecule has 20 heavy (non-hydrogen) atoms. The molecule has 1 aromatic carbocycles. The van der Waals surface area contributed by atoms with E-state index in [4.69, 9.17) is 0 Å². The Morgan fingerprint density at radius 2 is 2.05 bits per heavy atom. The Labute approximate surface area is 117 Å². The third-order valence-electron chi connectivity index (χ3n) is 3.22. The number of rotatable bonds is 6. The lowest BCUT2D eigenvalue weighted by atomic mass is 10.2. The van der Waals surface area contributed by atoms with Gasteiger partial charge in [-0.2, -0.15) is 0 Å². The van der Waals surface area contributed by atoms with Crippen molar-refractivity contribution in [3.8, 4) is 0 Å². The molecule has 0 heterocycles. The lowest BCUT2D eigenvalue weighted by Gasteiger charge is -2.13. The maximum atomic E-state index is 12.2. The highest BCUT2D eigenvalue weighted by Gasteiger charge is 2.41. The second-order valence-electron chi connectivity index (χ2n) is 5.13. The number of hydrogen-bond acceptors (Lipinski definition) is 5. The third kappa shape index (κ3) is 3.07. The number of benzene rings is 1. The molecule has 0 spiro atoms. The van der Waals surface area contributed by atoms with Gasteiger partial charge in [-0.05, 0) is 38.8 Å². The van der Waals surface area contributed by atoms with Crippen LogP contribution in [0, 0.1) is 10.1 Å². The summed E-state index contributed by atoms with van der Waals surface area (Å²) in [7, 11) is -3.73. The molecule has 1 aliphatic rings. The van der Waals surface area contributed by atoms with E-state index in [1.54, 1.807) is 0 Å². The summed E-state index contributed by atoms with van der Waals surface area (Å²) in [5.74, 6) is 0. The summed E-state index contributed by atoms with van der Waals surface area (Å²) in [6, 6.07) is 3.89. The minimum atomic E-state index is -3.73. The first kappa shape index (κ1) is 14.7. The van der Waals surface area contributed by atoms with E-state index in [-0.39, 0.29) is 10.6 Å². The number of sulfonamides is 1. The summed E-state index contributed by atoms with van der Waals surface area (Å²) in [6.45, 7) is 4.14. The number of nitro benzene ring substituents is 1. The predicted molar refractivity (Wildman–Crippen MR) is 75.2 cm³/mol. The predicted octanol–water partition coefficient (Wildman–Crippen LogP) is 1.86. The van der Waals surface area contributed by atoms with Gasteiger partial charge in [0.25, 0.3) is 5.69 Å². The van der Waals surface area contributed by atoms with Crippen LogP contribution in [0.3, 0.4) is 0 Å². The minimum Gasteiger partial charge on any atom is -0.380 e. The maximum Gasteiger partial charge on any atom is 0.293 e. The van der Waals surface area contributed by atoms with Crippen LogP contribution < -0.4 is 10.0 Å². The molecule has 0 atom stereocenters. The molecule has 8 heteroatoms. The summed E-state index contributed by atoms with van der Waals surface area (Å²) in [5.41, 5.74) is -0.335. The van der Waals surface area contributed by atoms with E-state index in [1.165, 1.54) is 12.1 Å². The van der Waals surface area contributed by atoms with E-state index in [0.29, 0.717) is 12.2 Å². The summed E-state index contributed by atoms with van der Waals surface area (Å²) in [4.78, 5) is 10.4. The lowest BCUT2D eigenvalue weighted by Crippen LogP contribution is -2.34. The Morgan fingerprint density at radius 3 is 2.55 bits per heavy atom. The molecular weight excluding hydrogens is 282 g/mol. The van der Waals surface area contributed by atoms with Crippen molar-refractivity contribution in [2.45, 2.75) is 37.1 Å². The third-order valence-corrected chi connectivity index (χ3v) is 4.86. The first-order chi connectivity index (χ1) is 9.27. The first-order valence-electron chi connectivity index (χ1n) is 6.34. The van der Waals surface area contributed by atoms with Gasteiger partial charge in [-0.25, -0.2) is 13.1 Å². The fourth-order valence-corrected chi connectivity index (χ4v) is 3.33. The van der Waals surface area contributed by atoms with Crippen LogP contribution >= 0.6 is 0 Å². The highest BCUT2D eigenvalue weighted by atomic mass is 32.2. The summed E-state index contributed by atoms with van der Waals surface area (Å²) < 4.78 is 26.9. The molecule has 0 aliphatic heterocycles. The van der Waals surface area contributed by atoms with Gasteiger partial charge in [0, 0.05) is 18.2 Å². The van der Waals surface area contributed by atoms with Crippen molar-refractivity contribution < 1.29 is 13.3 Å². The molecule has 0 radical (unpaired) electrons. The minimum absolute atomic E-state index is 0.0843. The van der Waals surface area contributed by atoms with Crippen LogP contribution in [-0.4, -0.2) is 25.4 Å². The zero-order chi connectivity index (χ0) is 15.0. The van der Waals surface area contributed by atoms with Gasteiger partial charge in [0.2, 0.25) is 10.0 Å². The molecule has 1 aliphatic carbocycles. The highest BCUT2D eigenvalue weighted by Crippen LogP contribution is 2.36. The van der Waals surface area contributed by atoms with E-state index < -0.39 is 20.5 Å². The molecule has 1 aromatic rings. The van der Waals surface area contributed by atoms with Gasteiger partial charge in [-0.3, -0.25) is 10.1 Å². The van der Waals surface area contributed by atoms with E-state index in [2.05, 4.69) is 10.0 Å². The quantitative estimate of drug-likeness (QED) is 0.616. The highest BCUT2D eigenvalue weighted by molar-refractivity contribution is 7.89. The van der Waals surface area contributed by atoms with E-state index in [0.717, 1.165) is 18.9 Å². The van der Waals surface area contributed by atoms with Gasteiger partial charge >= 0.3 is 0 Å². The second-order valence-corrected chi connectivity index (χ2v) is 6.81. The van der Waals surface area contributed by atoms with Crippen LogP contribution in [-0.2, 0) is 10.0 Å². The summed E-state index contributed by atoms with van der Waals surface area (Å²) in [6.07, 6.45) is 1.56. The zero-order valence-corrected chi connectivity index (χ0v) is 12.2. The van der Waals surface area contributed by atoms with Crippen LogP contribution in [0.15, 0.2) is 23.1 Å². The average molecular weight is 299 g/mol. The van der Waals surface area contributed by atoms with E-state index >= 15 is 0 Å². The van der Waals surface area contributed by atoms with Crippen LogP contribution in [0.2, 0.25) is 0 Å². The van der Waals surface area contributed by atoms with Crippen LogP contribution in [0.4, 0.5) is 11.4 Å². The van der Waals surface area contributed by atoms with E-state index in [9.17, 15) is 18.5 Å². The van der Waals surface area contributed by atoms with Crippen LogP contribution in [0.5, 0.6) is 0 Å². The van der Waals surface area contributed by atoms with Gasteiger partial charge in [-0.15, -0.1) is 0 Å². The number of anilines is 1. The Bertz CT molecular complexity index is 638. The van der Waals surface area contributed by atoms with Crippen molar-refractivity contribution in [2.75, 3.05) is 11.9 Å². The SMILES string of the molecule is CCNc1ccc(S(=O)(=O)NC2(C)CC2)cc1[N+](=O)[O-]. The van der Waals surface area contributed by atoms with Gasteiger partial charge < -0.3 is 5.32 Å². The summed E-state index contributed by atoms with van der Waals surface area (Å²) in [5, 5.41) is 13.9. The molecule has 0 aromatic heterocycles. The van der Waals surface area contributed by atoms with E-state index in [1.807, 2.05) is 13.8 Å². The van der Waals surface area contributed by atoms with Crippen molar-refractivity contribution in [3.63, 3.8) is 0 Å². The monoisotopic (exact) mass is 299 g/mol. The van der Waals surface area contributed by atoms with Crippen molar-refractivity contribution >= 4 is 21.4 Å². The molecule has 2 N–H and O–H groups in total. The molecule has 0 unspecified atom stereocenters. The zero-order valence-electron chi connectivity index (χ0n) is 11.3. The van der Waals surface area contributed by atoms with Crippen molar-refractivity contribution in [3.05, 3.63) is 28.3 Å². The molecule has 2 rings (SSSR count). The van der Waals surface area contributed by atoms with Gasteiger partial charge in [0.1, 0.15) is 5.69 Å². The average Bonchev–Trinajstić information content (AvgIpc) is 3.06. The molecule has 1 fully saturated rings. The second kappa shape index (κ2) is 5.02. The molecule has 0 saturated heterocycles. The number of nitrogens with one attached hydrogen (secondary N) is 2. The van der Waals surface area contributed by atoms with Crippen LogP contribution in [0.1, 0.15) is 26.7 Å². The number of hydrogen-bond donors (Lipinski definition) is 2. The lowest BCUT2D eigenvalue weighted by molar-refractivity contribution is -0.384. The molecule has 1 saturated carbocycles. The number of nitro groups is 1. The van der Waals surface area contributed by atoms with Crippen LogP contribution in [0.25, 0.3) is 0 Å². The van der Waals surface area contributed by atoms with Gasteiger partial charge in [0.05, 0.1) is 9.82 Å². The fraction of sp³-hybridized carbons (Fsp3) is 0.500. The Morgan fingerprint density at radius 1 is 1.40 bits per heavy atom. The molecule has 0 bridgehead atoms. The Kier molecular flexibility index (Phi) is 3.70. The summed E-state index contributed by atoms with van der Waals surface area (Å²) >= 11 is 0. The standard InChI is InChI=1S/C12H17N3O4S/c1-3-13-10-5-4-9(8-11(10)15(16)17)20(18,19)14-12(2)6-7-12/h4-5,8,13-14H,3,6-7H2,1-2H3. The molecule has 110 valence electrons. The van der Waals surface area contributed by atoms with Crippen molar-refractivity contribution in [1.82, 2.24) is 4.72 Å². The number of nitrogens with zero attached hydrogens (tertiary/aromatic N) is 1.